The third-order valence-electron chi connectivity index (χ3n) is 14.8. The fourth-order valence-electron chi connectivity index (χ4n) is 9.61. The first kappa shape index (κ1) is 59.7. The van der Waals surface area contributed by atoms with E-state index in [9.17, 15) is 34.5 Å². The summed E-state index contributed by atoms with van der Waals surface area (Å²) in [6, 6.07) is 0. The van der Waals surface area contributed by atoms with Crippen LogP contribution in [0.25, 0.3) is 12.2 Å². The fraction of sp³-hybridized carbons (Fsp3) is 0.679. The lowest BCUT2D eigenvalue weighted by Crippen LogP contribution is -2.45. The van der Waals surface area contributed by atoms with E-state index in [2.05, 4.69) is 62.8 Å². The van der Waals surface area contributed by atoms with Crippen molar-refractivity contribution >= 4 is 58.3 Å². The molecule has 2 aromatic heterocycles. The predicted molar refractivity (Wildman–Crippen MR) is 280 cm³/mol. The van der Waals surface area contributed by atoms with Gasteiger partial charge in [0.15, 0.2) is 0 Å². The van der Waals surface area contributed by atoms with E-state index < -0.39 is 59.2 Å². The van der Waals surface area contributed by atoms with Crippen LogP contribution in [0.5, 0.6) is 0 Å². The Morgan fingerprint density at radius 2 is 1.06 bits per heavy atom. The number of thiazole rings is 2. The maximum atomic E-state index is 13.4. The molecule has 11 nitrogen and oxygen atoms in total. The molecule has 0 fully saturated rings. The van der Waals surface area contributed by atoms with Gasteiger partial charge in [0.1, 0.15) is 23.8 Å². The van der Waals surface area contributed by atoms with E-state index in [1.54, 1.807) is 57.3 Å². The van der Waals surface area contributed by atoms with Crippen molar-refractivity contribution in [3.8, 4) is 0 Å². The van der Waals surface area contributed by atoms with Crippen molar-refractivity contribution in [1.82, 2.24) is 9.97 Å². The molecule has 13 heteroatoms. The van der Waals surface area contributed by atoms with Gasteiger partial charge in [-0.05, 0) is 113 Å². The zero-order valence-corrected chi connectivity index (χ0v) is 46.3. The number of hydrogen-bond donors (Lipinski definition) is 3. The molecule has 2 aliphatic heterocycles. The zero-order valence-electron chi connectivity index (χ0n) is 44.6. The summed E-state index contributed by atoms with van der Waals surface area (Å²) in [4.78, 5) is 61.3. The molecule has 0 aromatic carbocycles. The average molecular weight is 995 g/mol. The van der Waals surface area contributed by atoms with Gasteiger partial charge in [0.05, 0.1) is 63.4 Å². The Kier molecular flexibility index (Phi) is 23.1. The van der Waals surface area contributed by atoms with Crippen molar-refractivity contribution in [2.45, 2.75) is 193 Å². The Morgan fingerprint density at radius 1 is 0.623 bits per heavy atom. The number of ether oxygens (including phenoxy) is 2. The topological polar surface area (TPSA) is 173 Å². The van der Waals surface area contributed by atoms with Gasteiger partial charge in [0, 0.05) is 35.4 Å². The normalized spacial score (nSPS) is 33.5. The molecule has 0 radical (unpaired) electrons. The second-order valence-corrected chi connectivity index (χ2v) is 24.0. The monoisotopic (exact) mass is 995 g/mol. The number of aliphatic hydroxyl groups is 3. The Labute approximate surface area is 422 Å². The number of aryl methyl sites for hydroxylation is 2. The van der Waals surface area contributed by atoms with Crippen LogP contribution < -0.4 is 0 Å². The van der Waals surface area contributed by atoms with Crippen molar-refractivity contribution in [3.05, 3.63) is 67.1 Å². The van der Waals surface area contributed by atoms with Gasteiger partial charge in [-0.25, -0.2) is 9.97 Å². The molecule has 2 unspecified atom stereocenters. The molecule has 69 heavy (non-hydrogen) atoms. The SMILES string of the molecule is C/C(=C\c1csc(C)n1)[C@@H]1C/C=C\CC(C)C[C@H](C)[C@H](C)[C@@H](C)C(=O)C(C)(C)[C@@H](O)CC(=O)O1.C/C1=C/C[C@@H](/C(C)=C/c2csc(C)n2)OC(=O)C[C@H](O)C(C)(C)C(=O)[C@H](C)[C@@H](O)[C@@H](C)CC(C)C1. The molecular formula is C56H86N2O9S2. The van der Waals surface area contributed by atoms with Crippen molar-refractivity contribution in [2.75, 3.05) is 0 Å². The maximum absolute atomic E-state index is 13.4. The highest BCUT2D eigenvalue weighted by atomic mass is 32.1. The van der Waals surface area contributed by atoms with Gasteiger partial charge < -0.3 is 24.8 Å². The van der Waals surface area contributed by atoms with Gasteiger partial charge in [-0.2, -0.15) is 0 Å². The predicted octanol–water partition coefficient (Wildman–Crippen LogP) is 11.9. The molecule has 3 N–H and O–H groups in total. The number of rotatable bonds is 4. The smallest absolute Gasteiger partial charge is 0.309 e. The Hall–Kier alpha value is -3.62. The summed E-state index contributed by atoms with van der Waals surface area (Å²) in [6.45, 7) is 30.9. The summed E-state index contributed by atoms with van der Waals surface area (Å²) >= 11 is 3.14. The van der Waals surface area contributed by atoms with Crippen LogP contribution in [0.15, 0.2) is 45.7 Å². The first-order valence-electron chi connectivity index (χ1n) is 25.1. The minimum Gasteiger partial charge on any atom is -0.457 e. The molecule has 0 bridgehead atoms. The summed E-state index contributed by atoms with van der Waals surface area (Å²) in [5.74, 6) is -0.849. The second kappa shape index (κ2) is 26.7. The third-order valence-corrected chi connectivity index (χ3v) is 16.4. The highest BCUT2D eigenvalue weighted by Gasteiger charge is 2.44. The maximum Gasteiger partial charge on any atom is 0.309 e. The van der Waals surface area contributed by atoms with E-state index in [4.69, 9.17) is 9.47 Å². The molecule has 12 atom stereocenters. The molecular weight excluding hydrogens is 909 g/mol. The molecule has 0 spiro atoms. The van der Waals surface area contributed by atoms with E-state index in [-0.39, 0.29) is 42.2 Å². The first-order chi connectivity index (χ1) is 32.0. The largest absolute Gasteiger partial charge is 0.457 e. The Balaban J connectivity index is 0.000000365. The van der Waals surface area contributed by atoms with Crippen molar-refractivity contribution < 1.29 is 44.0 Å². The first-order valence-corrected chi connectivity index (χ1v) is 26.8. The van der Waals surface area contributed by atoms with Crippen molar-refractivity contribution in [3.63, 3.8) is 0 Å². The number of aromatic nitrogens is 2. The number of esters is 2. The summed E-state index contributed by atoms with van der Waals surface area (Å²) in [5, 5.41) is 38.5. The summed E-state index contributed by atoms with van der Waals surface area (Å²) in [5.41, 5.74) is 2.41. The van der Waals surface area contributed by atoms with Crippen LogP contribution in [0.1, 0.15) is 170 Å². The Bertz CT molecular complexity index is 2150. The van der Waals surface area contributed by atoms with E-state index in [1.807, 2.05) is 64.5 Å². The molecule has 0 saturated carbocycles. The fourth-order valence-corrected chi connectivity index (χ4v) is 10.8. The van der Waals surface area contributed by atoms with E-state index >= 15 is 0 Å². The molecule has 4 rings (SSSR count). The molecule has 386 valence electrons. The van der Waals surface area contributed by atoms with Gasteiger partial charge in [-0.3, -0.25) is 19.2 Å². The number of allylic oxidation sites excluding steroid dienone is 2. The quantitative estimate of drug-likeness (QED) is 0.196. The molecule has 0 saturated heterocycles. The van der Waals surface area contributed by atoms with Crippen LogP contribution >= 0.6 is 22.7 Å². The van der Waals surface area contributed by atoms with Crippen LogP contribution in [-0.2, 0) is 28.7 Å². The third kappa shape index (κ3) is 17.9. The van der Waals surface area contributed by atoms with Gasteiger partial charge >= 0.3 is 11.9 Å². The minimum atomic E-state index is -1.22. The number of nitrogens with zero attached hydrogens (tertiary/aromatic N) is 2. The number of carbonyl (C=O) groups excluding carboxylic acids is 4. The summed E-state index contributed by atoms with van der Waals surface area (Å²) < 4.78 is 11.7. The van der Waals surface area contributed by atoms with Crippen LogP contribution in [0.2, 0.25) is 0 Å². The average Bonchev–Trinajstić information content (AvgIpc) is 3.89. The molecule has 2 aromatic rings. The van der Waals surface area contributed by atoms with Gasteiger partial charge in [-0.1, -0.05) is 100.0 Å². The molecule has 0 aliphatic carbocycles. The molecule has 0 amide bonds. The van der Waals surface area contributed by atoms with Gasteiger partial charge in [0.2, 0.25) is 0 Å². The summed E-state index contributed by atoms with van der Waals surface area (Å²) in [7, 11) is 0. The lowest BCUT2D eigenvalue weighted by atomic mass is 9.70. The highest BCUT2D eigenvalue weighted by molar-refractivity contribution is 7.09. The molecule has 4 heterocycles. The number of hydrogen-bond acceptors (Lipinski definition) is 13. The number of ketones is 2. The van der Waals surface area contributed by atoms with Crippen molar-refractivity contribution in [2.24, 2.45) is 52.3 Å². The van der Waals surface area contributed by atoms with Crippen molar-refractivity contribution in [1.29, 1.82) is 0 Å². The lowest BCUT2D eigenvalue weighted by Gasteiger charge is -2.35. The van der Waals surface area contributed by atoms with Gasteiger partial charge in [-0.15, -0.1) is 22.7 Å². The number of carbonyl (C=O) groups is 4. The van der Waals surface area contributed by atoms with E-state index in [0.29, 0.717) is 30.6 Å². The van der Waals surface area contributed by atoms with Gasteiger partial charge in [0.25, 0.3) is 0 Å². The molecule has 2 aliphatic rings. The number of Topliss-reactive ketones (excluding diaryl/α,β-unsaturated/α-hetero) is 2. The highest BCUT2D eigenvalue weighted by Crippen LogP contribution is 2.37. The number of aliphatic hydroxyl groups excluding tert-OH is 3. The lowest BCUT2D eigenvalue weighted by molar-refractivity contribution is -0.155. The Morgan fingerprint density at radius 3 is 1.52 bits per heavy atom. The standard InChI is InChI=1S/C28H43NO5S.C28H43NO4S/c1-16-9-10-23(18(3)13-22-15-35-21(6)29-22)34-25(31)14-24(30)28(7,8)27(33)20(5)26(32)19(4)12-17(2)11-16;1-17-11-9-10-12-24(19(3)14-23-16-34-22(6)29-23)33-26(31)15-25(30)28(7,8)27(32)21(5)20(4)18(2)13-17/h9,13,15,17,19-20,23-24,26,30,32H,10-12,14H2,1-8H3;9-10,14,16-18,20-21,24-25,30H,11-13,15H2,1-8H3/b16-9-,18-13+;10-9-,19-14+/t17?,19-,20+,23-,24-,26-;17?,18-,20-,21+,24-,25-/m00/s1. The van der Waals surface area contributed by atoms with Crippen LogP contribution in [0.3, 0.4) is 0 Å². The summed E-state index contributed by atoms with van der Waals surface area (Å²) in [6.07, 6.45) is 10.4. The minimum absolute atomic E-state index is 0.00155. The van der Waals surface area contributed by atoms with Crippen LogP contribution in [0, 0.1) is 66.1 Å². The number of cyclic esters (lactones) is 2. The van der Waals surface area contributed by atoms with E-state index in [0.717, 1.165) is 58.2 Å². The zero-order chi connectivity index (χ0) is 52.1. The van der Waals surface area contributed by atoms with E-state index in [1.165, 1.54) is 5.57 Å². The second-order valence-electron chi connectivity index (χ2n) is 21.9. The van der Waals surface area contributed by atoms with Crippen LogP contribution in [0.4, 0.5) is 0 Å². The van der Waals surface area contributed by atoms with Crippen LogP contribution in [-0.4, -0.2) is 79.3 Å².